The van der Waals surface area contributed by atoms with E-state index in [2.05, 4.69) is 21.2 Å². The van der Waals surface area contributed by atoms with Gasteiger partial charge >= 0.3 is 0 Å². The molecule has 0 aliphatic heterocycles. The summed E-state index contributed by atoms with van der Waals surface area (Å²) in [7, 11) is 1.90. The molecule has 2 aromatic rings. The molecule has 0 aliphatic rings. The molecule has 23 heavy (non-hydrogen) atoms. The van der Waals surface area contributed by atoms with Crippen LogP contribution in [0.15, 0.2) is 34.8 Å². The molecular formula is C17H18BrCl2NO2. The van der Waals surface area contributed by atoms with Crippen molar-refractivity contribution in [3.05, 3.63) is 56.0 Å². The number of hydrogen-bond acceptors (Lipinski definition) is 3. The fraction of sp³-hybridized carbons (Fsp3) is 0.294. The third-order valence-electron chi connectivity index (χ3n) is 3.18. The van der Waals surface area contributed by atoms with Gasteiger partial charge in [-0.2, -0.15) is 0 Å². The summed E-state index contributed by atoms with van der Waals surface area (Å²) in [6.07, 6.45) is 0. The monoisotopic (exact) mass is 417 g/mol. The van der Waals surface area contributed by atoms with Crippen molar-refractivity contribution in [2.75, 3.05) is 13.7 Å². The highest BCUT2D eigenvalue weighted by Crippen LogP contribution is 2.35. The Labute approximate surface area is 155 Å². The van der Waals surface area contributed by atoms with E-state index in [4.69, 9.17) is 32.7 Å². The van der Waals surface area contributed by atoms with Gasteiger partial charge in [0.25, 0.3) is 0 Å². The molecular weight excluding hydrogens is 401 g/mol. The number of hydrogen-bond donors (Lipinski definition) is 1. The fourth-order valence-electron chi connectivity index (χ4n) is 2.08. The van der Waals surface area contributed by atoms with Crippen LogP contribution in [-0.4, -0.2) is 13.7 Å². The zero-order valence-electron chi connectivity index (χ0n) is 13.0. The molecule has 2 rings (SSSR count). The van der Waals surface area contributed by atoms with Crippen LogP contribution in [0.3, 0.4) is 0 Å². The van der Waals surface area contributed by atoms with Crippen molar-refractivity contribution >= 4 is 39.1 Å². The van der Waals surface area contributed by atoms with E-state index in [-0.39, 0.29) is 0 Å². The van der Waals surface area contributed by atoms with E-state index in [0.717, 1.165) is 22.1 Å². The number of ether oxygens (including phenoxy) is 2. The van der Waals surface area contributed by atoms with Gasteiger partial charge in [0, 0.05) is 26.6 Å². The van der Waals surface area contributed by atoms with Crippen molar-refractivity contribution < 1.29 is 9.47 Å². The first-order valence-corrected chi connectivity index (χ1v) is 8.76. The minimum Gasteiger partial charge on any atom is -0.490 e. The molecule has 0 heterocycles. The molecule has 0 atom stereocenters. The third-order valence-corrected chi connectivity index (χ3v) is 4.50. The lowest BCUT2D eigenvalue weighted by Gasteiger charge is -2.15. The highest BCUT2D eigenvalue weighted by molar-refractivity contribution is 9.10. The van der Waals surface area contributed by atoms with Gasteiger partial charge in [-0.1, -0.05) is 45.2 Å². The number of nitrogens with one attached hydrogen (secondary N) is 1. The SMILES string of the molecule is CCOc1cc(CNC)c(Br)cc1OCc1ccc(Cl)cc1Cl. The number of rotatable bonds is 7. The van der Waals surface area contributed by atoms with E-state index >= 15 is 0 Å². The van der Waals surface area contributed by atoms with Crippen molar-refractivity contribution in [2.45, 2.75) is 20.1 Å². The summed E-state index contributed by atoms with van der Waals surface area (Å²) in [6, 6.07) is 9.25. The van der Waals surface area contributed by atoms with E-state index < -0.39 is 0 Å². The Hall–Kier alpha value is -0.940. The van der Waals surface area contributed by atoms with Crippen molar-refractivity contribution in [3.63, 3.8) is 0 Å². The van der Waals surface area contributed by atoms with Gasteiger partial charge in [0.1, 0.15) is 6.61 Å². The van der Waals surface area contributed by atoms with Crippen LogP contribution in [0.1, 0.15) is 18.1 Å². The molecule has 0 saturated carbocycles. The predicted molar refractivity (Wildman–Crippen MR) is 98.9 cm³/mol. The molecule has 0 bridgehead atoms. The standard InChI is InChI=1S/C17H18BrCl2NO2/c1-3-22-16-6-12(9-21-2)14(18)8-17(16)23-10-11-4-5-13(19)7-15(11)20/h4-8,21H,3,9-10H2,1-2H3. The molecule has 0 aromatic heterocycles. The van der Waals surface area contributed by atoms with Crippen LogP contribution >= 0.6 is 39.1 Å². The Bertz CT molecular complexity index is 680. The first-order valence-electron chi connectivity index (χ1n) is 7.21. The van der Waals surface area contributed by atoms with Crippen LogP contribution in [0, 0.1) is 0 Å². The van der Waals surface area contributed by atoms with Gasteiger partial charge in [0.15, 0.2) is 11.5 Å². The zero-order chi connectivity index (χ0) is 16.8. The van der Waals surface area contributed by atoms with E-state index in [1.165, 1.54) is 0 Å². The molecule has 0 radical (unpaired) electrons. The number of benzene rings is 2. The van der Waals surface area contributed by atoms with E-state index in [0.29, 0.717) is 34.8 Å². The van der Waals surface area contributed by atoms with Crippen molar-refractivity contribution in [1.82, 2.24) is 5.32 Å². The molecule has 0 fully saturated rings. The molecule has 0 saturated heterocycles. The lowest BCUT2D eigenvalue weighted by molar-refractivity contribution is 0.269. The molecule has 0 unspecified atom stereocenters. The second-order valence-electron chi connectivity index (χ2n) is 4.88. The summed E-state index contributed by atoms with van der Waals surface area (Å²) in [5.41, 5.74) is 1.97. The van der Waals surface area contributed by atoms with Crippen molar-refractivity contribution in [1.29, 1.82) is 0 Å². The fourth-order valence-corrected chi connectivity index (χ4v) is 3.00. The molecule has 3 nitrogen and oxygen atoms in total. The van der Waals surface area contributed by atoms with Crippen LogP contribution in [0.2, 0.25) is 10.0 Å². The Morgan fingerprint density at radius 3 is 2.43 bits per heavy atom. The second-order valence-corrected chi connectivity index (χ2v) is 6.58. The summed E-state index contributed by atoms with van der Waals surface area (Å²) >= 11 is 15.7. The quantitative estimate of drug-likeness (QED) is 0.648. The Morgan fingerprint density at radius 2 is 1.78 bits per heavy atom. The van der Waals surface area contributed by atoms with Crippen molar-refractivity contribution in [3.8, 4) is 11.5 Å². The summed E-state index contributed by atoms with van der Waals surface area (Å²) < 4.78 is 12.6. The van der Waals surface area contributed by atoms with E-state index in [1.54, 1.807) is 12.1 Å². The lowest BCUT2D eigenvalue weighted by Crippen LogP contribution is -2.07. The first-order chi connectivity index (χ1) is 11.0. The molecule has 1 N–H and O–H groups in total. The van der Waals surface area contributed by atoms with Gasteiger partial charge in [0.05, 0.1) is 6.61 Å². The summed E-state index contributed by atoms with van der Waals surface area (Å²) in [5.74, 6) is 1.38. The van der Waals surface area contributed by atoms with Crippen molar-refractivity contribution in [2.24, 2.45) is 0 Å². The van der Waals surface area contributed by atoms with Gasteiger partial charge in [-0.05, 0) is 43.8 Å². The largest absolute Gasteiger partial charge is 0.490 e. The van der Waals surface area contributed by atoms with Gasteiger partial charge in [0.2, 0.25) is 0 Å². The Kier molecular flexibility index (Phi) is 7.03. The molecule has 124 valence electrons. The van der Waals surface area contributed by atoms with E-state index in [1.807, 2.05) is 32.2 Å². The van der Waals surface area contributed by atoms with E-state index in [9.17, 15) is 0 Å². The average molecular weight is 419 g/mol. The summed E-state index contributed by atoms with van der Waals surface area (Å²) in [5, 5.41) is 4.32. The third kappa shape index (κ3) is 5.01. The summed E-state index contributed by atoms with van der Waals surface area (Å²) in [4.78, 5) is 0. The predicted octanol–water partition coefficient (Wildman–Crippen LogP) is 5.45. The maximum absolute atomic E-state index is 6.18. The molecule has 0 amide bonds. The van der Waals surface area contributed by atoms with Crippen LogP contribution in [-0.2, 0) is 13.2 Å². The molecule has 0 aliphatic carbocycles. The minimum absolute atomic E-state index is 0.341. The Morgan fingerprint density at radius 1 is 1.04 bits per heavy atom. The van der Waals surface area contributed by atoms with Crippen LogP contribution in [0.4, 0.5) is 0 Å². The molecule has 2 aromatic carbocycles. The molecule has 6 heteroatoms. The highest BCUT2D eigenvalue weighted by Gasteiger charge is 2.12. The van der Waals surface area contributed by atoms with Crippen LogP contribution < -0.4 is 14.8 Å². The smallest absolute Gasteiger partial charge is 0.162 e. The van der Waals surface area contributed by atoms with Crippen LogP contribution in [0.5, 0.6) is 11.5 Å². The highest BCUT2D eigenvalue weighted by atomic mass is 79.9. The zero-order valence-corrected chi connectivity index (χ0v) is 16.1. The maximum Gasteiger partial charge on any atom is 0.162 e. The normalized spacial score (nSPS) is 10.7. The lowest BCUT2D eigenvalue weighted by atomic mass is 10.2. The van der Waals surface area contributed by atoms with Gasteiger partial charge in [-0.15, -0.1) is 0 Å². The topological polar surface area (TPSA) is 30.5 Å². The Balaban J connectivity index is 2.22. The average Bonchev–Trinajstić information content (AvgIpc) is 2.50. The maximum atomic E-state index is 6.18. The minimum atomic E-state index is 0.341. The van der Waals surface area contributed by atoms with Gasteiger partial charge in [-0.25, -0.2) is 0 Å². The second kappa shape index (κ2) is 8.78. The van der Waals surface area contributed by atoms with Crippen LogP contribution in [0.25, 0.3) is 0 Å². The van der Waals surface area contributed by atoms with Gasteiger partial charge in [-0.3, -0.25) is 0 Å². The van der Waals surface area contributed by atoms with Gasteiger partial charge < -0.3 is 14.8 Å². The summed E-state index contributed by atoms with van der Waals surface area (Å²) in [6.45, 7) is 3.59. The first kappa shape index (κ1) is 18.4. The molecule has 0 spiro atoms. The number of halogens is 3.